The van der Waals surface area contributed by atoms with Gasteiger partial charge in [0.25, 0.3) is 13.4 Å². The Bertz CT molecular complexity index is 5920. The predicted octanol–water partition coefficient (Wildman–Crippen LogP) is 17.5. The maximum atomic E-state index is 2.71. The summed E-state index contributed by atoms with van der Waals surface area (Å²) in [4.78, 5) is 2.71. The molecule has 5 heteroatoms. The van der Waals surface area contributed by atoms with Crippen molar-refractivity contribution >= 4 is 150 Å². The van der Waals surface area contributed by atoms with Crippen molar-refractivity contribution in [2.75, 3.05) is 4.90 Å². The molecule has 0 amide bonds. The van der Waals surface area contributed by atoms with Crippen LogP contribution in [0.15, 0.2) is 309 Å². The van der Waals surface area contributed by atoms with E-state index in [4.69, 9.17) is 0 Å². The lowest BCUT2D eigenvalue weighted by Crippen LogP contribution is -2.67. The number of anilines is 3. The lowest BCUT2D eigenvalue weighted by atomic mass is 9.29. The minimum absolute atomic E-state index is 0.154. The molecule has 0 N–H and O–H groups in total. The maximum Gasteiger partial charge on any atom is 0.252 e. The van der Waals surface area contributed by atoms with Gasteiger partial charge in [-0.3, -0.25) is 0 Å². The summed E-state index contributed by atoms with van der Waals surface area (Å²) in [6, 6.07) is 118. The molecular weight excluding hydrogens is 1070 g/mol. The molecule has 0 fully saturated rings. The Morgan fingerprint density at radius 2 is 0.663 bits per heavy atom. The molecule has 0 saturated heterocycles. The number of para-hydroxylation sites is 2. The predicted molar refractivity (Wildman–Crippen MR) is 381 cm³/mol. The van der Waals surface area contributed by atoms with Gasteiger partial charge >= 0.3 is 0 Å². The molecular formula is C84H51B2N3. The van der Waals surface area contributed by atoms with Crippen LogP contribution in [0.25, 0.3) is 131 Å². The van der Waals surface area contributed by atoms with Crippen LogP contribution in [-0.4, -0.2) is 22.6 Å². The maximum absolute atomic E-state index is 2.71. The second kappa shape index (κ2) is 18.6. The van der Waals surface area contributed by atoms with E-state index < -0.39 is 0 Å². The number of aromatic nitrogens is 2. The van der Waals surface area contributed by atoms with Crippen LogP contribution in [0.3, 0.4) is 0 Å². The van der Waals surface area contributed by atoms with Gasteiger partial charge in [0.1, 0.15) is 0 Å². The van der Waals surface area contributed by atoms with E-state index in [1.165, 1.54) is 170 Å². The van der Waals surface area contributed by atoms with E-state index in [0.717, 1.165) is 11.0 Å². The molecule has 3 nitrogen and oxygen atoms in total. The van der Waals surface area contributed by atoms with Gasteiger partial charge in [-0.25, -0.2) is 0 Å². The monoisotopic (exact) mass is 1120 g/mol. The van der Waals surface area contributed by atoms with Crippen molar-refractivity contribution in [3.63, 3.8) is 0 Å². The Kier molecular flexibility index (Phi) is 10.2. The third-order valence-electron chi connectivity index (χ3n) is 20.1. The van der Waals surface area contributed by atoms with Gasteiger partial charge in [0, 0.05) is 55.5 Å². The van der Waals surface area contributed by atoms with E-state index in [2.05, 4.69) is 323 Å². The van der Waals surface area contributed by atoms with E-state index in [0.29, 0.717) is 0 Å². The summed E-state index contributed by atoms with van der Waals surface area (Å²) in [6.45, 7) is -0.308. The summed E-state index contributed by atoms with van der Waals surface area (Å²) in [7, 11) is 0. The van der Waals surface area contributed by atoms with E-state index in [-0.39, 0.29) is 13.4 Å². The summed E-state index contributed by atoms with van der Waals surface area (Å²) in [5.41, 5.74) is 25.8. The minimum Gasteiger partial charge on any atom is -0.312 e. The Morgan fingerprint density at radius 1 is 0.225 bits per heavy atom. The zero-order valence-electron chi connectivity index (χ0n) is 48.4. The molecule has 0 radical (unpaired) electrons. The number of benzene rings is 14. The smallest absolute Gasteiger partial charge is 0.252 e. The van der Waals surface area contributed by atoms with Crippen LogP contribution in [0.2, 0.25) is 0 Å². The van der Waals surface area contributed by atoms with Gasteiger partial charge in [-0.2, -0.15) is 0 Å². The molecule has 0 aliphatic carbocycles. The molecule has 6 heterocycles. The van der Waals surface area contributed by atoms with Gasteiger partial charge in [0.05, 0.1) is 16.6 Å². The fourth-order valence-corrected chi connectivity index (χ4v) is 16.6. The summed E-state index contributed by atoms with van der Waals surface area (Å²) < 4.78 is 5.33. The van der Waals surface area contributed by atoms with Crippen molar-refractivity contribution in [1.82, 2.24) is 9.13 Å². The van der Waals surface area contributed by atoms with Gasteiger partial charge in [-0.05, 0) is 146 Å². The third-order valence-corrected chi connectivity index (χ3v) is 20.1. The Morgan fingerprint density at radius 3 is 1.26 bits per heavy atom. The number of hydrogen-bond donors (Lipinski definition) is 0. The Labute approximate surface area is 515 Å². The van der Waals surface area contributed by atoms with Crippen LogP contribution in [-0.2, 0) is 0 Å². The first-order chi connectivity index (χ1) is 44.2. The number of nitrogens with zero attached hydrogens (tertiary/aromatic N) is 3. The van der Waals surface area contributed by atoms with E-state index in [9.17, 15) is 0 Å². The van der Waals surface area contributed by atoms with Crippen molar-refractivity contribution in [3.05, 3.63) is 309 Å². The summed E-state index contributed by atoms with van der Waals surface area (Å²) in [5.74, 6) is 0. The average molecular weight is 1120 g/mol. The third kappa shape index (κ3) is 6.74. The largest absolute Gasteiger partial charge is 0.312 e. The Hall–Kier alpha value is -11.4. The highest BCUT2D eigenvalue weighted by Crippen LogP contribution is 2.47. The van der Waals surface area contributed by atoms with Gasteiger partial charge in [-0.15, -0.1) is 0 Å². The lowest BCUT2D eigenvalue weighted by Gasteiger charge is -2.47. The normalized spacial score (nSPS) is 12.9. The van der Waals surface area contributed by atoms with Crippen molar-refractivity contribution in [2.24, 2.45) is 0 Å². The van der Waals surface area contributed by atoms with Crippen LogP contribution in [0.4, 0.5) is 17.1 Å². The highest BCUT2D eigenvalue weighted by Gasteiger charge is 2.49. The molecule has 89 heavy (non-hydrogen) atoms. The first-order valence-electron chi connectivity index (χ1n) is 31.1. The number of hydrogen-bond acceptors (Lipinski definition) is 1. The molecule has 0 unspecified atom stereocenters. The van der Waals surface area contributed by atoms with E-state index in [1.54, 1.807) is 0 Å². The van der Waals surface area contributed by atoms with Crippen molar-refractivity contribution < 1.29 is 0 Å². The van der Waals surface area contributed by atoms with Crippen molar-refractivity contribution in [2.45, 2.75) is 0 Å². The number of fused-ring (bicyclic) bond motifs is 23. The van der Waals surface area contributed by atoms with Crippen LogP contribution < -0.4 is 37.7 Å². The first kappa shape index (κ1) is 48.8. The van der Waals surface area contributed by atoms with Crippen LogP contribution in [0.1, 0.15) is 0 Å². The molecule has 0 spiro atoms. The first-order valence-corrected chi connectivity index (χ1v) is 31.1. The molecule has 14 aromatic carbocycles. The molecule has 16 aromatic rings. The molecule has 408 valence electrons. The average Bonchev–Trinajstić information content (AvgIpc) is 1.17. The quantitative estimate of drug-likeness (QED) is 0.161. The van der Waals surface area contributed by atoms with Crippen molar-refractivity contribution in [3.8, 4) is 44.8 Å². The van der Waals surface area contributed by atoms with Crippen LogP contribution in [0, 0.1) is 0 Å². The van der Waals surface area contributed by atoms with Crippen LogP contribution in [0.5, 0.6) is 0 Å². The minimum atomic E-state index is -0.154. The molecule has 0 atom stereocenters. The topological polar surface area (TPSA) is 13.1 Å². The fourth-order valence-electron chi connectivity index (χ4n) is 16.6. The SMILES string of the molecule is c1ccc(-c2cc3c4c(c2)B2c5c(cccc5-n5c6ccccc6c6ccccc6c6ccccc6c6c(-c7ccccc7)ccc2c65)N4c2ccc4c5ccccc5c5ccccc5c5ccccc5n5c4c2B3c2ccc(-c3ccccc3)cc2-5)cc1. The zero-order chi connectivity index (χ0) is 58.0. The second-order valence-corrected chi connectivity index (χ2v) is 24.5. The van der Waals surface area contributed by atoms with Gasteiger partial charge in [-0.1, -0.05) is 273 Å². The summed E-state index contributed by atoms with van der Waals surface area (Å²) >= 11 is 0. The highest BCUT2D eigenvalue weighted by atomic mass is 15.2. The molecule has 0 bridgehead atoms. The van der Waals surface area contributed by atoms with E-state index in [1.807, 2.05) is 0 Å². The summed E-state index contributed by atoms with van der Waals surface area (Å²) in [6.07, 6.45) is 0. The molecule has 4 aliphatic heterocycles. The number of rotatable bonds is 3. The molecule has 4 aliphatic rings. The Balaban J connectivity index is 1.02. The van der Waals surface area contributed by atoms with E-state index >= 15 is 0 Å². The summed E-state index contributed by atoms with van der Waals surface area (Å²) in [5, 5.41) is 14.6. The van der Waals surface area contributed by atoms with Gasteiger partial charge < -0.3 is 14.0 Å². The molecule has 20 rings (SSSR count). The van der Waals surface area contributed by atoms with Gasteiger partial charge in [0.15, 0.2) is 0 Å². The highest BCUT2D eigenvalue weighted by molar-refractivity contribution is 7.04. The lowest BCUT2D eigenvalue weighted by molar-refractivity contribution is 1.16. The van der Waals surface area contributed by atoms with Crippen LogP contribution >= 0.6 is 0 Å². The standard InChI is InChI=1S/C84H51B2N3/c1-4-23-52(24-5-1)55-43-46-69-78(51-55)88-74-40-21-19-37-66(74)61-32-13-10-29-58(61)59-30-12-15-35-64(59)68-45-48-77-81(82(68)88)85(69)71-49-56(53-25-6-2-7-26-53)50-72-83(71)89(77)76-42-22-41-75-80(76)86(72)70-47-44-57(54-27-8-3-9-28-54)79-67-38-17-16-34-63(67)60-31-11-14-33-62(60)65-36-18-20-39-73(65)87(75)84(70)79/h1-51H. The second-order valence-electron chi connectivity index (χ2n) is 24.5. The fraction of sp³-hybridized carbons (Fsp3) is 0. The molecule has 0 saturated carbocycles. The van der Waals surface area contributed by atoms with Gasteiger partial charge in [0.2, 0.25) is 0 Å². The van der Waals surface area contributed by atoms with Crippen molar-refractivity contribution in [1.29, 1.82) is 0 Å². The molecule has 2 aromatic heterocycles. The zero-order valence-corrected chi connectivity index (χ0v) is 48.4.